The number of aryl methyl sites for hydroxylation is 2. The second kappa shape index (κ2) is 5.51. The van der Waals surface area contributed by atoms with Crippen molar-refractivity contribution in [3.63, 3.8) is 0 Å². The number of nitrogens with one attached hydrogen (secondary N) is 1. The lowest BCUT2D eigenvalue weighted by molar-refractivity contribution is -0.142. The molecule has 0 aliphatic rings. The fourth-order valence-corrected chi connectivity index (χ4v) is 1.77. The van der Waals surface area contributed by atoms with Crippen molar-refractivity contribution in [2.24, 2.45) is 7.05 Å². The second-order valence-corrected chi connectivity index (χ2v) is 4.21. The number of hydrogen-bond donors (Lipinski definition) is 1. The van der Waals surface area contributed by atoms with Crippen LogP contribution in [0.5, 0.6) is 0 Å². The molecule has 2 heterocycles. The highest BCUT2D eigenvalue weighted by Gasteiger charge is 2.36. The molecule has 2 rings (SSSR count). The van der Waals surface area contributed by atoms with Crippen molar-refractivity contribution in [1.29, 1.82) is 0 Å². The van der Waals surface area contributed by atoms with Gasteiger partial charge >= 0.3 is 6.18 Å². The van der Waals surface area contributed by atoms with Gasteiger partial charge in [-0.15, -0.1) is 0 Å². The Hall–Kier alpha value is -2.06. The minimum atomic E-state index is -4.49. The molecule has 0 aliphatic heterocycles. The van der Waals surface area contributed by atoms with Gasteiger partial charge in [0.1, 0.15) is 6.67 Å². The number of anilines is 1. The molecule has 0 amide bonds. The van der Waals surface area contributed by atoms with E-state index in [4.69, 9.17) is 0 Å². The maximum atomic E-state index is 12.7. The zero-order valence-corrected chi connectivity index (χ0v) is 10.7. The van der Waals surface area contributed by atoms with Crippen molar-refractivity contribution < 1.29 is 17.6 Å². The topological polar surface area (TPSA) is 47.7 Å². The molecule has 110 valence electrons. The van der Waals surface area contributed by atoms with E-state index in [0.717, 1.165) is 4.68 Å². The Morgan fingerprint density at radius 3 is 2.70 bits per heavy atom. The summed E-state index contributed by atoms with van der Waals surface area (Å²) in [6.45, 7) is -0.478. The monoisotopic (exact) mass is 291 g/mol. The van der Waals surface area contributed by atoms with Crippen LogP contribution in [0.3, 0.4) is 0 Å². The predicted octanol–water partition coefficient (Wildman–Crippen LogP) is 2.22. The fraction of sp³-hybridized carbons (Fsp3) is 0.455. The first kappa shape index (κ1) is 14.4. The number of hydrogen-bond acceptors (Lipinski definition) is 3. The van der Waals surface area contributed by atoms with Gasteiger partial charge in [-0.25, -0.2) is 4.39 Å². The zero-order chi connectivity index (χ0) is 14.8. The largest absolute Gasteiger partial charge is 0.435 e. The zero-order valence-electron chi connectivity index (χ0n) is 10.7. The van der Waals surface area contributed by atoms with E-state index in [1.165, 1.54) is 30.3 Å². The number of nitrogens with zero attached hydrogens (tertiary/aromatic N) is 4. The second-order valence-electron chi connectivity index (χ2n) is 4.21. The molecule has 0 saturated carbocycles. The Morgan fingerprint density at radius 2 is 2.05 bits per heavy atom. The summed E-state index contributed by atoms with van der Waals surface area (Å²) in [4.78, 5) is 0. The summed E-state index contributed by atoms with van der Waals surface area (Å²) >= 11 is 0. The van der Waals surface area contributed by atoms with Crippen LogP contribution in [-0.2, 0) is 26.3 Å². The molecular weight excluding hydrogens is 278 g/mol. The summed E-state index contributed by atoms with van der Waals surface area (Å²) < 4.78 is 52.8. The third-order valence-corrected chi connectivity index (χ3v) is 2.60. The van der Waals surface area contributed by atoms with E-state index < -0.39 is 18.5 Å². The number of aromatic nitrogens is 4. The highest BCUT2D eigenvalue weighted by molar-refractivity contribution is 5.39. The van der Waals surface area contributed by atoms with E-state index in [1.54, 1.807) is 0 Å². The normalized spacial score (nSPS) is 11.8. The van der Waals surface area contributed by atoms with Crippen molar-refractivity contribution in [2.45, 2.75) is 19.3 Å². The standard InChI is InChI=1S/C11H13F4N5/c1-19-6-8(10(18-19)11(13,14)15)4-16-9-5-17-20(7-9)3-2-12/h5-7,16H,2-4H2,1H3. The predicted molar refractivity (Wildman–Crippen MR) is 63.7 cm³/mol. The summed E-state index contributed by atoms with van der Waals surface area (Å²) in [6, 6.07) is 0. The van der Waals surface area contributed by atoms with Gasteiger partial charge in [0.25, 0.3) is 0 Å². The Morgan fingerprint density at radius 1 is 1.30 bits per heavy atom. The van der Waals surface area contributed by atoms with E-state index in [-0.39, 0.29) is 18.7 Å². The van der Waals surface area contributed by atoms with Gasteiger partial charge in [0.2, 0.25) is 0 Å². The van der Waals surface area contributed by atoms with Crippen LogP contribution in [0, 0.1) is 0 Å². The molecule has 9 heteroatoms. The van der Waals surface area contributed by atoms with Crippen LogP contribution in [0.4, 0.5) is 23.2 Å². The summed E-state index contributed by atoms with van der Waals surface area (Å²) in [5.41, 5.74) is -0.350. The highest BCUT2D eigenvalue weighted by atomic mass is 19.4. The minimum absolute atomic E-state index is 0.0377. The van der Waals surface area contributed by atoms with Crippen molar-refractivity contribution in [1.82, 2.24) is 19.6 Å². The summed E-state index contributed by atoms with van der Waals surface area (Å²) in [5.74, 6) is 0. The molecule has 0 aliphatic carbocycles. The number of rotatable bonds is 5. The summed E-state index contributed by atoms with van der Waals surface area (Å²) in [6.07, 6.45) is -0.221. The molecule has 0 aromatic carbocycles. The van der Waals surface area contributed by atoms with E-state index in [1.807, 2.05) is 0 Å². The Balaban J connectivity index is 2.06. The van der Waals surface area contributed by atoms with E-state index >= 15 is 0 Å². The third kappa shape index (κ3) is 3.28. The molecular formula is C11H13F4N5. The molecule has 0 radical (unpaired) electrons. The molecule has 0 atom stereocenters. The summed E-state index contributed by atoms with van der Waals surface area (Å²) in [7, 11) is 1.43. The van der Waals surface area contributed by atoms with Crippen LogP contribution in [0.15, 0.2) is 18.6 Å². The van der Waals surface area contributed by atoms with E-state index in [9.17, 15) is 17.6 Å². The molecule has 0 unspecified atom stereocenters. The fourth-order valence-electron chi connectivity index (χ4n) is 1.77. The third-order valence-electron chi connectivity index (χ3n) is 2.60. The molecule has 2 aromatic heterocycles. The van der Waals surface area contributed by atoms with Gasteiger partial charge < -0.3 is 5.32 Å². The number of halogens is 4. The average molecular weight is 291 g/mol. The molecule has 2 aromatic rings. The van der Waals surface area contributed by atoms with Gasteiger partial charge in [0, 0.05) is 31.5 Å². The van der Waals surface area contributed by atoms with Crippen molar-refractivity contribution in [3.05, 3.63) is 29.8 Å². The van der Waals surface area contributed by atoms with Gasteiger partial charge in [0.05, 0.1) is 18.4 Å². The van der Waals surface area contributed by atoms with Crippen LogP contribution in [0.1, 0.15) is 11.3 Å². The quantitative estimate of drug-likeness (QED) is 0.859. The Kier molecular flexibility index (Phi) is 3.96. The van der Waals surface area contributed by atoms with Crippen LogP contribution in [0.25, 0.3) is 0 Å². The van der Waals surface area contributed by atoms with Crippen LogP contribution < -0.4 is 5.32 Å². The lowest BCUT2D eigenvalue weighted by Crippen LogP contribution is -2.11. The minimum Gasteiger partial charge on any atom is -0.378 e. The lowest BCUT2D eigenvalue weighted by Gasteiger charge is -2.06. The first-order valence-corrected chi connectivity index (χ1v) is 5.82. The molecule has 1 N–H and O–H groups in total. The molecule has 0 saturated heterocycles. The molecule has 5 nitrogen and oxygen atoms in total. The summed E-state index contributed by atoms with van der Waals surface area (Å²) in [5, 5.41) is 10.1. The van der Waals surface area contributed by atoms with Gasteiger partial charge in [-0.05, 0) is 0 Å². The molecule has 0 spiro atoms. The van der Waals surface area contributed by atoms with Crippen LogP contribution in [0.2, 0.25) is 0 Å². The van der Waals surface area contributed by atoms with E-state index in [2.05, 4.69) is 15.5 Å². The molecule has 20 heavy (non-hydrogen) atoms. The van der Waals surface area contributed by atoms with Crippen LogP contribution >= 0.6 is 0 Å². The van der Waals surface area contributed by atoms with Gasteiger partial charge in [-0.1, -0.05) is 0 Å². The Bertz CT molecular complexity index is 572. The first-order valence-electron chi connectivity index (χ1n) is 5.82. The van der Waals surface area contributed by atoms with E-state index in [0.29, 0.717) is 5.69 Å². The smallest absolute Gasteiger partial charge is 0.378 e. The SMILES string of the molecule is Cn1cc(CNc2cnn(CCF)c2)c(C(F)(F)F)n1. The molecule has 0 bridgehead atoms. The average Bonchev–Trinajstić information content (AvgIpc) is 2.93. The number of alkyl halides is 4. The van der Waals surface area contributed by atoms with Gasteiger partial charge in [0.15, 0.2) is 5.69 Å². The maximum Gasteiger partial charge on any atom is 0.435 e. The highest BCUT2D eigenvalue weighted by Crippen LogP contribution is 2.30. The lowest BCUT2D eigenvalue weighted by atomic mass is 10.2. The first-order chi connectivity index (χ1) is 9.40. The van der Waals surface area contributed by atoms with Crippen molar-refractivity contribution >= 4 is 5.69 Å². The maximum absolute atomic E-state index is 12.7. The van der Waals surface area contributed by atoms with Gasteiger partial charge in [-0.3, -0.25) is 9.36 Å². The Labute approximate surface area is 112 Å². The van der Waals surface area contributed by atoms with Gasteiger partial charge in [-0.2, -0.15) is 23.4 Å². The van der Waals surface area contributed by atoms with Crippen LogP contribution in [-0.4, -0.2) is 26.2 Å². The van der Waals surface area contributed by atoms with Crippen molar-refractivity contribution in [2.75, 3.05) is 12.0 Å². The molecule has 0 fully saturated rings. The van der Waals surface area contributed by atoms with Crippen molar-refractivity contribution in [3.8, 4) is 0 Å².